The molecule has 1 aromatic carbocycles. The van der Waals surface area contributed by atoms with Crippen LogP contribution in [-0.4, -0.2) is 37.4 Å². The maximum absolute atomic E-state index is 13.4. The number of hydrogen-bond donors (Lipinski definition) is 0. The molecule has 0 aromatic heterocycles. The fourth-order valence-corrected chi connectivity index (χ4v) is 7.75. The number of aryl methyl sites for hydroxylation is 3. The number of nitrogens with zero attached hydrogens (tertiary/aromatic N) is 1. The van der Waals surface area contributed by atoms with Gasteiger partial charge in [0, 0.05) is 28.0 Å². The summed E-state index contributed by atoms with van der Waals surface area (Å²) in [6.45, 7) is 10.2. The molecule has 4 atom stereocenters. The SMILES string of the molecule is CC[C@]1(C(=O)[C@H]2ON=C(c3c(C)cc(C)cc3C)[C@@H]2C)SCCCS1=O. The van der Waals surface area contributed by atoms with E-state index in [-0.39, 0.29) is 11.7 Å². The summed E-state index contributed by atoms with van der Waals surface area (Å²) in [5.74, 6) is 1.26. The van der Waals surface area contributed by atoms with Gasteiger partial charge in [0.25, 0.3) is 0 Å². The van der Waals surface area contributed by atoms with Gasteiger partial charge in [-0.1, -0.05) is 36.7 Å². The number of oxime groups is 1. The van der Waals surface area contributed by atoms with E-state index in [0.717, 1.165) is 34.6 Å². The summed E-state index contributed by atoms with van der Waals surface area (Å²) in [6, 6.07) is 4.26. The normalized spacial score (nSPS) is 31.4. The first-order valence-corrected chi connectivity index (χ1v) is 11.5. The smallest absolute Gasteiger partial charge is 0.205 e. The van der Waals surface area contributed by atoms with E-state index in [2.05, 4.69) is 38.1 Å². The lowest BCUT2D eigenvalue weighted by Gasteiger charge is -2.35. The topological polar surface area (TPSA) is 55.7 Å². The fraction of sp³-hybridized carbons (Fsp3) is 0.600. The van der Waals surface area contributed by atoms with Gasteiger partial charge in [-0.15, -0.1) is 11.8 Å². The van der Waals surface area contributed by atoms with Crippen molar-refractivity contribution >= 4 is 34.1 Å². The van der Waals surface area contributed by atoms with Crippen molar-refractivity contribution in [2.45, 2.75) is 57.6 Å². The predicted octanol–water partition coefficient (Wildman–Crippen LogP) is 3.91. The van der Waals surface area contributed by atoms with Gasteiger partial charge in [-0.05, 0) is 50.5 Å². The summed E-state index contributed by atoms with van der Waals surface area (Å²) in [4.78, 5) is 19.0. The Morgan fingerprint density at radius 2 is 2.00 bits per heavy atom. The second-order valence-corrected chi connectivity index (χ2v) is 10.7. The average Bonchev–Trinajstić information content (AvgIpc) is 2.95. The molecular formula is C20H27NO3S2. The number of thioether (sulfide) groups is 1. The zero-order valence-corrected chi connectivity index (χ0v) is 17.8. The maximum atomic E-state index is 13.4. The van der Waals surface area contributed by atoms with Crippen molar-refractivity contribution in [1.29, 1.82) is 0 Å². The first-order valence-electron chi connectivity index (χ1n) is 9.20. The zero-order chi connectivity index (χ0) is 19.1. The van der Waals surface area contributed by atoms with Crippen molar-refractivity contribution in [1.82, 2.24) is 0 Å². The van der Waals surface area contributed by atoms with Gasteiger partial charge >= 0.3 is 0 Å². The highest BCUT2D eigenvalue weighted by Gasteiger charge is 2.52. The van der Waals surface area contributed by atoms with E-state index >= 15 is 0 Å². The molecule has 0 amide bonds. The zero-order valence-electron chi connectivity index (χ0n) is 16.1. The van der Waals surface area contributed by atoms with Crippen molar-refractivity contribution in [3.8, 4) is 0 Å². The summed E-state index contributed by atoms with van der Waals surface area (Å²) in [6.07, 6.45) is 0.810. The van der Waals surface area contributed by atoms with E-state index in [4.69, 9.17) is 4.84 Å². The molecule has 0 spiro atoms. The molecule has 1 saturated heterocycles. The molecule has 1 fully saturated rings. The molecule has 3 rings (SSSR count). The Balaban J connectivity index is 1.90. The lowest BCUT2D eigenvalue weighted by molar-refractivity contribution is -0.131. The quantitative estimate of drug-likeness (QED) is 0.778. The standard InChI is InChI=1S/C20H27NO3S2/c1-6-20(25-8-7-9-26(20)23)19(22)18-15(5)17(21-24-18)16-13(3)10-12(2)11-14(16)4/h10-11,15,18H,6-9H2,1-5H3/t15-,18-,20-,26?/m0/s1. The van der Waals surface area contributed by atoms with Crippen molar-refractivity contribution in [2.24, 2.45) is 11.1 Å². The second kappa shape index (κ2) is 7.47. The van der Waals surface area contributed by atoms with E-state index in [0.29, 0.717) is 12.2 Å². The highest BCUT2D eigenvalue weighted by molar-refractivity contribution is 8.14. The molecule has 0 bridgehead atoms. The van der Waals surface area contributed by atoms with Crippen LogP contribution >= 0.6 is 11.8 Å². The van der Waals surface area contributed by atoms with Crippen LogP contribution < -0.4 is 0 Å². The molecule has 2 aliphatic rings. The number of hydrogen-bond acceptors (Lipinski definition) is 5. The average molecular weight is 394 g/mol. The Morgan fingerprint density at radius 3 is 2.58 bits per heavy atom. The molecule has 0 radical (unpaired) electrons. The molecule has 2 heterocycles. The van der Waals surface area contributed by atoms with Crippen molar-refractivity contribution in [3.05, 3.63) is 34.4 Å². The molecule has 0 aliphatic carbocycles. The number of benzene rings is 1. The van der Waals surface area contributed by atoms with Gasteiger partial charge in [-0.3, -0.25) is 9.00 Å². The number of ketones is 1. The molecule has 6 heteroatoms. The third-order valence-corrected chi connectivity index (χ3v) is 9.60. The van der Waals surface area contributed by atoms with Gasteiger partial charge in [0.2, 0.25) is 5.78 Å². The molecule has 1 unspecified atom stereocenters. The van der Waals surface area contributed by atoms with Crippen LogP contribution in [0.3, 0.4) is 0 Å². The fourth-order valence-electron chi connectivity index (χ4n) is 4.06. The molecule has 142 valence electrons. The van der Waals surface area contributed by atoms with Gasteiger partial charge in [-0.2, -0.15) is 0 Å². The van der Waals surface area contributed by atoms with E-state index < -0.39 is 21.0 Å². The summed E-state index contributed by atoms with van der Waals surface area (Å²) in [5, 5.41) is 4.31. The van der Waals surface area contributed by atoms with Crippen LogP contribution in [0.4, 0.5) is 0 Å². The summed E-state index contributed by atoms with van der Waals surface area (Å²) >= 11 is 1.54. The number of rotatable bonds is 4. The maximum Gasteiger partial charge on any atom is 0.205 e. The van der Waals surface area contributed by atoms with Crippen LogP contribution in [0.25, 0.3) is 0 Å². The molecule has 2 aliphatic heterocycles. The molecule has 26 heavy (non-hydrogen) atoms. The number of Topliss-reactive ketones (excluding diaryl/α,β-unsaturated/α-hetero) is 1. The van der Waals surface area contributed by atoms with Crippen LogP contribution in [0.2, 0.25) is 0 Å². The predicted molar refractivity (Wildman–Crippen MR) is 109 cm³/mol. The summed E-state index contributed by atoms with van der Waals surface area (Å²) < 4.78 is 11.9. The van der Waals surface area contributed by atoms with Crippen LogP contribution in [0.15, 0.2) is 17.3 Å². The third kappa shape index (κ3) is 3.15. The number of carbonyl (C=O) groups is 1. The second-order valence-electron chi connectivity index (χ2n) is 7.29. The van der Waals surface area contributed by atoms with E-state index in [1.165, 1.54) is 5.56 Å². The van der Waals surface area contributed by atoms with E-state index in [1.807, 2.05) is 13.8 Å². The van der Waals surface area contributed by atoms with Crippen molar-refractivity contribution in [2.75, 3.05) is 11.5 Å². The highest BCUT2D eigenvalue weighted by atomic mass is 32.2. The minimum atomic E-state index is -1.16. The van der Waals surface area contributed by atoms with Gasteiger partial charge in [0.15, 0.2) is 10.2 Å². The Morgan fingerprint density at radius 1 is 1.35 bits per heavy atom. The third-order valence-electron chi connectivity index (χ3n) is 5.36. The monoisotopic (exact) mass is 393 g/mol. The van der Waals surface area contributed by atoms with Gasteiger partial charge < -0.3 is 4.84 Å². The Hall–Kier alpha value is -1.14. The Labute approximate surface area is 162 Å². The molecule has 4 nitrogen and oxygen atoms in total. The number of carbonyl (C=O) groups excluding carboxylic acids is 1. The highest BCUT2D eigenvalue weighted by Crippen LogP contribution is 2.42. The van der Waals surface area contributed by atoms with Gasteiger partial charge in [0.1, 0.15) is 0 Å². The molecule has 0 N–H and O–H groups in total. The lowest BCUT2D eigenvalue weighted by atomic mass is 9.86. The van der Waals surface area contributed by atoms with Crippen LogP contribution in [0.5, 0.6) is 0 Å². The van der Waals surface area contributed by atoms with Crippen molar-refractivity contribution < 1.29 is 13.8 Å². The summed E-state index contributed by atoms with van der Waals surface area (Å²) in [5.41, 5.74) is 5.40. The van der Waals surface area contributed by atoms with Crippen molar-refractivity contribution in [3.63, 3.8) is 0 Å². The van der Waals surface area contributed by atoms with Gasteiger partial charge in [-0.25, -0.2) is 0 Å². The van der Waals surface area contributed by atoms with Gasteiger partial charge in [0.05, 0.1) is 5.71 Å². The summed E-state index contributed by atoms with van der Waals surface area (Å²) in [7, 11) is -1.16. The van der Waals surface area contributed by atoms with Crippen LogP contribution in [-0.2, 0) is 20.4 Å². The minimum absolute atomic E-state index is 0.0586. The van der Waals surface area contributed by atoms with E-state index in [1.54, 1.807) is 11.8 Å². The Bertz CT molecular complexity index is 766. The Kier molecular flexibility index (Phi) is 5.63. The minimum Gasteiger partial charge on any atom is -0.383 e. The first kappa shape index (κ1) is 19.6. The lowest BCUT2D eigenvalue weighted by Crippen LogP contribution is -2.50. The van der Waals surface area contributed by atoms with Crippen LogP contribution in [0, 0.1) is 26.7 Å². The molecular weight excluding hydrogens is 366 g/mol. The molecule has 1 aromatic rings. The largest absolute Gasteiger partial charge is 0.383 e. The molecule has 0 saturated carbocycles. The van der Waals surface area contributed by atoms with Crippen LogP contribution in [0.1, 0.15) is 48.9 Å². The van der Waals surface area contributed by atoms with E-state index in [9.17, 15) is 9.00 Å². The first-order chi connectivity index (χ1) is 12.3.